The van der Waals surface area contributed by atoms with Gasteiger partial charge >= 0.3 is 0 Å². The Bertz CT molecular complexity index is 368. The first-order valence-electron chi connectivity index (χ1n) is 7.89. The molecule has 0 fully saturated rings. The lowest BCUT2D eigenvalue weighted by atomic mass is 10.1. The molecule has 1 aromatic carbocycles. The molecular formula is C17H28ClNO. The average Bonchev–Trinajstić information content (AvgIpc) is 2.45. The second-order valence-electron chi connectivity index (χ2n) is 5.19. The van der Waals surface area contributed by atoms with E-state index < -0.39 is 0 Å². The van der Waals surface area contributed by atoms with Crippen molar-refractivity contribution in [2.24, 2.45) is 0 Å². The summed E-state index contributed by atoms with van der Waals surface area (Å²) < 4.78 is 5.75. The van der Waals surface area contributed by atoms with Gasteiger partial charge in [-0.1, -0.05) is 51.1 Å². The molecule has 0 aliphatic carbocycles. The van der Waals surface area contributed by atoms with E-state index >= 15 is 0 Å². The number of hydrogen-bond acceptors (Lipinski definition) is 2. The fourth-order valence-electron chi connectivity index (χ4n) is 2.12. The van der Waals surface area contributed by atoms with Crippen LogP contribution in [0, 0.1) is 0 Å². The van der Waals surface area contributed by atoms with Gasteiger partial charge in [-0.15, -0.1) is 0 Å². The van der Waals surface area contributed by atoms with Gasteiger partial charge in [-0.2, -0.15) is 0 Å². The van der Waals surface area contributed by atoms with Crippen LogP contribution in [-0.4, -0.2) is 13.2 Å². The Morgan fingerprint density at radius 2 is 1.85 bits per heavy atom. The number of nitrogens with one attached hydrogen (secondary N) is 1. The summed E-state index contributed by atoms with van der Waals surface area (Å²) in [6.45, 7) is 7.00. The zero-order valence-corrected chi connectivity index (χ0v) is 13.6. The molecule has 0 aromatic heterocycles. The fraction of sp³-hybridized carbons (Fsp3) is 0.647. The van der Waals surface area contributed by atoms with Gasteiger partial charge in [0.2, 0.25) is 0 Å². The molecule has 0 spiro atoms. The van der Waals surface area contributed by atoms with Crippen LogP contribution in [0.5, 0.6) is 5.75 Å². The largest absolute Gasteiger partial charge is 0.493 e. The molecule has 0 saturated heterocycles. The quantitative estimate of drug-likeness (QED) is 0.568. The predicted molar refractivity (Wildman–Crippen MR) is 87.7 cm³/mol. The summed E-state index contributed by atoms with van der Waals surface area (Å²) in [7, 11) is 0. The minimum Gasteiger partial charge on any atom is -0.493 e. The maximum Gasteiger partial charge on any atom is 0.123 e. The van der Waals surface area contributed by atoms with Crippen LogP contribution in [0.1, 0.15) is 57.9 Å². The average molecular weight is 298 g/mol. The van der Waals surface area contributed by atoms with E-state index in [9.17, 15) is 0 Å². The van der Waals surface area contributed by atoms with Crippen LogP contribution in [0.2, 0.25) is 5.02 Å². The van der Waals surface area contributed by atoms with Gasteiger partial charge in [0, 0.05) is 17.1 Å². The second-order valence-corrected chi connectivity index (χ2v) is 5.63. The Hall–Kier alpha value is -0.730. The van der Waals surface area contributed by atoms with E-state index in [1.807, 2.05) is 18.2 Å². The van der Waals surface area contributed by atoms with Crippen LogP contribution >= 0.6 is 11.6 Å². The Labute approximate surface area is 128 Å². The van der Waals surface area contributed by atoms with Gasteiger partial charge in [0.1, 0.15) is 5.75 Å². The molecule has 1 rings (SSSR count). The Morgan fingerprint density at radius 3 is 2.60 bits per heavy atom. The standard InChI is InChI=1S/C17H28ClNO/c1-3-5-6-7-8-11-19-14-15-13-16(18)9-10-17(15)20-12-4-2/h9-10,13,19H,3-8,11-12,14H2,1-2H3. The Balaban J connectivity index is 2.32. The molecule has 0 saturated carbocycles. The molecule has 1 N–H and O–H groups in total. The van der Waals surface area contributed by atoms with Gasteiger partial charge in [0.05, 0.1) is 6.61 Å². The molecule has 0 atom stereocenters. The zero-order valence-electron chi connectivity index (χ0n) is 12.9. The van der Waals surface area contributed by atoms with Crippen LogP contribution < -0.4 is 10.1 Å². The van der Waals surface area contributed by atoms with Crippen molar-refractivity contribution >= 4 is 11.6 Å². The molecule has 0 radical (unpaired) electrons. The summed E-state index contributed by atoms with van der Waals surface area (Å²) in [4.78, 5) is 0. The number of rotatable bonds is 11. The van der Waals surface area contributed by atoms with Crippen molar-refractivity contribution in [3.8, 4) is 5.75 Å². The van der Waals surface area contributed by atoms with Crippen LogP contribution in [0.15, 0.2) is 18.2 Å². The third-order valence-corrected chi connectivity index (χ3v) is 3.49. The highest BCUT2D eigenvalue weighted by Crippen LogP contribution is 2.23. The van der Waals surface area contributed by atoms with Crippen molar-refractivity contribution in [2.75, 3.05) is 13.2 Å². The molecule has 0 unspecified atom stereocenters. The molecule has 2 nitrogen and oxygen atoms in total. The van der Waals surface area contributed by atoms with Crippen LogP contribution in [-0.2, 0) is 6.54 Å². The summed E-state index contributed by atoms with van der Waals surface area (Å²) in [5, 5.41) is 4.26. The fourth-order valence-corrected chi connectivity index (χ4v) is 2.31. The summed E-state index contributed by atoms with van der Waals surface area (Å²) in [5.74, 6) is 0.953. The third kappa shape index (κ3) is 7.16. The van der Waals surface area contributed by atoms with Gasteiger partial charge in [-0.25, -0.2) is 0 Å². The molecule has 114 valence electrons. The van der Waals surface area contributed by atoms with Crippen molar-refractivity contribution in [2.45, 2.75) is 58.9 Å². The molecule has 0 aliphatic rings. The Morgan fingerprint density at radius 1 is 1.05 bits per heavy atom. The SMILES string of the molecule is CCCCCCCNCc1cc(Cl)ccc1OCCC. The van der Waals surface area contributed by atoms with E-state index in [4.69, 9.17) is 16.3 Å². The van der Waals surface area contributed by atoms with E-state index in [0.717, 1.165) is 42.5 Å². The molecular weight excluding hydrogens is 270 g/mol. The molecule has 0 heterocycles. The number of unbranched alkanes of at least 4 members (excludes halogenated alkanes) is 4. The van der Waals surface area contributed by atoms with E-state index in [0.29, 0.717) is 0 Å². The van der Waals surface area contributed by atoms with Gasteiger partial charge in [-0.05, 0) is 37.6 Å². The van der Waals surface area contributed by atoms with E-state index in [1.54, 1.807) is 0 Å². The van der Waals surface area contributed by atoms with Crippen molar-refractivity contribution < 1.29 is 4.74 Å². The van der Waals surface area contributed by atoms with E-state index in [1.165, 1.54) is 32.1 Å². The first-order valence-corrected chi connectivity index (χ1v) is 8.27. The second kappa shape index (κ2) is 11.0. The highest BCUT2D eigenvalue weighted by Gasteiger charge is 2.04. The van der Waals surface area contributed by atoms with Gasteiger partial charge in [-0.3, -0.25) is 0 Å². The third-order valence-electron chi connectivity index (χ3n) is 3.26. The summed E-state index contributed by atoms with van der Waals surface area (Å²) in [6, 6.07) is 5.85. The number of hydrogen-bond donors (Lipinski definition) is 1. The monoisotopic (exact) mass is 297 g/mol. The van der Waals surface area contributed by atoms with E-state index in [-0.39, 0.29) is 0 Å². The smallest absolute Gasteiger partial charge is 0.123 e. The maximum absolute atomic E-state index is 6.06. The number of ether oxygens (including phenoxy) is 1. The molecule has 1 aromatic rings. The van der Waals surface area contributed by atoms with Crippen LogP contribution in [0.4, 0.5) is 0 Å². The topological polar surface area (TPSA) is 21.3 Å². The molecule has 0 bridgehead atoms. The predicted octanol–water partition coefficient (Wildman–Crippen LogP) is 5.19. The molecule has 0 aliphatic heterocycles. The lowest BCUT2D eigenvalue weighted by Gasteiger charge is -2.12. The van der Waals surface area contributed by atoms with Crippen molar-refractivity contribution in [3.05, 3.63) is 28.8 Å². The zero-order chi connectivity index (χ0) is 14.6. The van der Waals surface area contributed by atoms with Crippen LogP contribution in [0.25, 0.3) is 0 Å². The minimum atomic E-state index is 0.756. The minimum absolute atomic E-state index is 0.756. The highest BCUT2D eigenvalue weighted by atomic mass is 35.5. The molecule has 3 heteroatoms. The lowest BCUT2D eigenvalue weighted by Crippen LogP contribution is -2.15. The van der Waals surface area contributed by atoms with Gasteiger partial charge in [0.25, 0.3) is 0 Å². The van der Waals surface area contributed by atoms with E-state index in [2.05, 4.69) is 19.2 Å². The summed E-state index contributed by atoms with van der Waals surface area (Å²) in [6.07, 6.45) is 7.58. The first-order chi connectivity index (χ1) is 9.77. The van der Waals surface area contributed by atoms with Gasteiger partial charge in [0.15, 0.2) is 0 Å². The molecule has 20 heavy (non-hydrogen) atoms. The number of benzene rings is 1. The highest BCUT2D eigenvalue weighted by molar-refractivity contribution is 6.30. The van der Waals surface area contributed by atoms with Crippen molar-refractivity contribution in [1.82, 2.24) is 5.32 Å². The summed E-state index contributed by atoms with van der Waals surface area (Å²) >= 11 is 6.06. The molecule has 0 amide bonds. The van der Waals surface area contributed by atoms with Crippen molar-refractivity contribution in [1.29, 1.82) is 0 Å². The lowest BCUT2D eigenvalue weighted by molar-refractivity contribution is 0.313. The maximum atomic E-state index is 6.06. The normalized spacial score (nSPS) is 10.8. The Kier molecular flexibility index (Phi) is 9.52. The summed E-state index contributed by atoms with van der Waals surface area (Å²) in [5.41, 5.74) is 1.15. The number of halogens is 1. The van der Waals surface area contributed by atoms with Gasteiger partial charge < -0.3 is 10.1 Å². The first kappa shape index (κ1) is 17.3. The van der Waals surface area contributed by atoms with Crippen LogP contribution in [0.3, 0.4) is 0 Å². The van der Waals surface area contributed by atoms with Crippen molar-refractivity contribution in [3.63, 3.8) is 0 Å².